The summed E-state index contributed by atoms with van der Waals surface area (Å²) in [5, 5.41) is 5.93. The lowest BCUT2D eigenvalue weighted by molar-refractivity contribution is -0.142. The van der Waals surface area contributed by atoms with Crippen LogP contribution in [-0.2, 0) is 17.5 Å². The van der Waals surface area contributed by atoms with E-state index in [1.807, 2.05) is 0 Å². The molecule has 28 heavy (non-hydrogen) atoms. The first-order chi connectivity index (χ1) is 13.1. The lowest BCUT2D eigenvalue weighted by Crippen LogP contribution is -2.22. The molecule has 2 aromatic rings. The van der Waals surface area contributed by atoms with Crippen molar-refractivity contribution in [3.8, 4) is 5.75 Å². The van der Waals surface area contributed by atoms with E-state index in [1.54, 1.807) is 13.0 Å². The van der Waals surface area contributed by atoms with Crippen molar-refractivity contribution in [2.24, 2.45) is 0 Å². The summed E-state index contributed by atoms with van der Waals surface area (Å²) in [7, 11) is 0. The molecule has 0 unspecified atom stereocenters. The second-order valence-electron chi connectivity index (χ2n) is 6.40. The van der Waals surface area contributed by atoms with Crippen molar-refractivity contribution >= 4 is 27.5 Å². The fourth-order valence-corrected chi connectivity index (χ4v) is 3.59. The number of halogens is 6. The molecule has 1 heterocycles. The molecule has 0 spiro atoms. The molecule has 152 valence electrons. The largest absolute Gasteiger partial charge is 0.436 e. The van der Waals surface area contributed by atoms with Crippen LogP contribution in [0.15, 0.2) is 22.7 Å². The first-order valence-electron chi connectivity index (χ1n) is 8.25. The number of carbonyl (C=O) groups excluding carboxylic acids is 1. The molecule has 0 atom stereocenters. The highest BCUT2D eigenvalue weighted by Gasteiger charge is 2.42. The van der Waals surface area contributed by atoms with Crippen molar-refractivity contribution in [1.29, 1.82) is 0 Å². The molecule has 1 N–H and O–H groups in total. The summed E-state index contributed by atoms with van der Waals surface area (Å²) in [5.74, 6) is -1.06. The molecule has 3 rings (SSSR count). The highest BCUT2D eigenvalue weighted by atomic mass is 79.9. The number of hydrogen-bond acceptors (Lipinski definition) is 3. The van der Waals surface area contributed by atoms with Gasteiger partial charge in [0.15, 0.2) is 5.69 Å². The molecule has 1 aliphatic carbocycles. The first kappa shape index (κ1) is 20.6. The molecule has 1 saturated carbocycles. The Labute approximate surface area is 165 Å². The van der Waals surface area contributed by atoms with Gasteiger partial charge in [-0.1, -0.05) is 6.07 Å². The molecule has 1 aliphatic rings. The number of hydrogen-bond donors (Lipinski definition) is 1. The number of carbonyl (C=O) groups is 1. The van der Waals surface area contributed by atoms with Gasteiger partial charge < -0.3 is 10.1 Å². The van der Waals surface area contributed by atoms with Crippen molar-refractivity contribution in [3.63, 3.8) is 0 Å². The quantitative estimate of drug-likeness (QED) is 0.602. The van der Waals surface area contributed by atoms with E-state index in [0.717, 1.165) is 4.68 Å². The minimum atomic E-state index is -4.67. The van der Waals surface area contributed by atoms with E-state index in [9.17, 15) is 26.7 Å². The van der Waals surface area contributed by atoms with E-state index >= 15 is 0 Å². The van der Waals surface area contributed by atoms with E-state index in [-0.39, 0.29) is 21.8 Å². The minimum Gasteiger partial charge on any atom is -0.433 e. The van der Waals surface area contributed by atoms with Crippen LogP contribution < -0.4 is 10.1 Å². The third kappa shape index (κ3) is 4.62. The van der Waals surface area contributed by atoms with Gasteiger partial charge in [0.1, 0.15) is 12.3 Å². The summed E-state index contributed by atoms with van der Waals surface area (Å²) in [6.07, 6.45) is -3.26. The number of ether oxygens (including phenoxy) is 1. The summed E-state index contributed by atoms with van der Waals surface area (Å²) in [6.45, 7) is -1.93. The number of amides is 1. The van der Waals surface area contributed by atoms with Gasteiger partial charge in [-0.2, -0.15) is 27.1 Å². The van der Waals surface area contributed by atoms with Gasteiger partial charge >= 0.3 is 12.8 Å². The maximum Gasteiger partial charge on any atom is 0.436 e. The van der Waals surface area contributed by atoms with Crippen LogP contribution in [0, 0.1) is 6.92 Å². The molecule has 0 radical (unpaired) electrons. The van der Waals surface area contributed by atoms with Gasteiger partial charge in [0, 0.05) is 5.92 Å². The van der Waals surface area contributed by atoms with E-state index in [0.29, 0.717) is 24.1 Å². The number of aryl methyl sites for hydroxylation is 1. The fraction of sp³-hybridized carbons (Fsp3) is 0.412. The third-order valence-corrected chi connectivity index (χ3v) is 4.87. The van der Waals surface area contributed by atoms with Crippen LogP contribution in [0.5, 0.6) is 5.75 Å². The zero-order valence-electron chi connectivity index (χ0n) is 14.5. The Morgan fingerprint density at radius 3 is 2.64 bits per heavy atom. The molecule has 0 bridgehead atoms. The second-order valence-corrected chi connectivity index (χ2v) is 7.20. The summed E-state index contributed by atoms with van der Waals surface area (Å²) >= 11 is 2.94. The number of nitrogens with zero attached hydrogens (tertiary/aromatic N) is 2. The molecule has 1 amide bonds. The van der Waals surface area contributed by atoms with Gasteiger partial charge in [0.2, 0.25) is 5.91 Å². The average molecular weight is 468 g/mol. The molecular weight excluding hydrogens is 453 g/mol. The summed E-state index contributed by atoms with van der Waals surface area (Å²) in [5.41, 5.74) is -0.170. The van der Waals surface area contributed by atoms with Crippen LogP contribution in [0.4, 0.5) is 27.6 Å². The third-order valence-electron chi connectivity index (χ3n) is 4.08. The summed E-state index contributed by atoms with van der Waals surface area (Å²) in [6, 6.07) is 4.28. The molecular formula is C17H15BrF5N3O2. The number of nitrogens with one attached hydrogen (secondary N) is 1. The number of aromatic nitrogens is 2. The van der Waals surface area contributed by atoms with E-state index in [4.69, 9.17) is 0 Å². The van der Waals surface area contributed by atoms with Crippen LogP contribution in [-0.4, -0.2) is 22.3 Å². The smallest absolute Gasteiger partial charge is 0.433 e. The van der Waals surface area contributed by atoms with Gasteiger partial charge in [-0.25, -0.2) is 0 Å². The summed E-state index contributed by atoms with van der Waals surface area (Å²) < 4.78 is 69.7. The topological polar surface area (TPSA) is 56.2 Å². The van der Waals surface area contributed by atoms with Crippen molar-refractivity contribution in [2.45, 2.75) is 45.0 Å². The van der Waals surface area contributed by atoms with Gasteiger partial charge in [0.25, 0.3) is 0 Å². The van der Waals surface area contributed by atoms with Gasteiger partial charge in [-0.3, -0.25) is 9.48 Å². The Bertz CT molecular complexity index is 894. The van der Waals surface area contributed by atoms with Crippen LogP contribution in [0.2, 0.25) is 0 Å². The molecule has 5 nitrogen and oxygen atoms in total. The lowest BCUT2D eigenvalue weighted by Gasteiger charge is -2.13. The molecule has 0 aliphatic heterocycles. The molecule has 1 aromatic heterocycles. The molecule has 0 saturated heterocycles. The number of benzene rings is 1. The molecule has 11 heteroatoms. The van der Waals surface area contributed by atoms with Gasteiger partial charge in [-0.15, -0.1) is 0 Å². The predicted molar refractivity (Wildman–Crippen MR) is 93.3 cm³/mol. The van der Waals surface area contributed by atoms with Crippen molar-refractivity contribution in [1.82, 2.24) is 9.78 Å². The molecule has 1 aromatic carbocycles. The molecule has 1 fully saturated rings. The average Bonchev–Trinajstić information content (AvgIpc) is 3.33. The highest BCUT2D eigenvalue weighted by Crippen LogP contribution is 2.47. The monoisotopic (exact) mass is 467 g/mol. The second kappa shape index (κ2) is 7.69. The predicted octanol–water partition coefficient (Wildman–Crippen LogP) is 5.09. The maximum atomic E-state index is 13.1. The Kier molecular flexibility index (Phi) is 5.64. The Balaban J connectivity index is 1.83. The zero-order valence-corrected chi connectivity index (χ0v) is 16.1. The highest BCUT2D eigenvalue weighted by molar-refractivity contribution is 9.10. The Hall–Kier alpha value is -2.17. The standard InChI is InChI=1S/C17H15BrF5N3O2/c1-8-2-5-10(11(6-8)28-16(19)20)24-12(27)7-26-14(9-3-4-9)13(18)15(25-26)17(21,22)23/h2,5-6,9,16H,3-4,7H2,1H3,(H,24,27). The maximum absolute atomic E-state index is 13.1. The number of alkyl halides is 5. The van der Waals surface area contributed by atoms with E-state index in [2.05, 4.69) is 31.1 Å². The Morgan fingerprint density at radius 1 is 1.39 bits per heavy atom. The van der Waals surface area contributed by atoms with Crippen LogP contribution >= 0.6 is 15.9 Å². The lowest BCUT2D eigenvalue weighted by atomic mass is 10.2. The Morgan fingerprint density at radius 2 is 2.07 bits per heavy atom. The number of rotatable bonds is 6. The van der Waals surface area contributed by atoms with Crippen LogP contribution in [0.1, 0.15) is 35.7 Å². The fourth-order valence-electron chi connectivity index (χ4n) is 2.75. The minimum absolute atomic E-state index is 0.00820. The normalized spacial score (nSPS) is 14.4. The van der Waals surface area contributed by atoms with Crippen molar-refractivity contribution in [3.05, 3.63) is 39.6 Å². The van der Waals surface area contributed by atoms with Gasteiger partial charge in [0.05, 0.1) is 15.9 Å². The van der Waals surface area contributed by atoms with E-state index < -0.39 is 30.9 Å². The number of anilines is 1. The van der Waals surface area contributed by atoms with Gasteiger partial charge in [-0.05, 0) is 53.4 Å². The van der Waals surface area contributed by atoms with Crippen LogP contribution in [0.25, 0.3) is 0 Å². The van der Waals surface area contributed by atoms with Crippen LogP contribution in [0.3, 0.4) is 0 Å². The van der Waals surface area contributed by atoms with E-state index in [1.165, 1.54) is 12.1 Å². The summed E-state index contributed by atoms with van der Waals surface area (Å²) in [4.78, 5) is 12.4. The van der Waals surface area contributed by atoms with Crippen molar-refractivity contribution in [2.75, 3.05) is 5.32 Å². The zero-order chi connectivity index (χ0) is 20.6. The first-order valence-corrected chi connectivity index (χ1v) is 9.04. The SMILES string of the molecule is Cc1ccc(NC(=O)Cn2nc(C(F)(F)F)c(Br)c2C2CC2)c(OC(F)F)c1. The van der Waals surface area contributed by atoms with Crippen molar-refractivity contribution < 1.29 is 31.5 Å².